The van der Waals surface area contributed by atoms with E-state index in [4.69, 9.17) is 28.9 Å². The Bertz CT molecular complexity index is 845. The monoisotopic (exact) mass is 411 g/mol. The Balaban J connectivity index is 2.21. The highest BCUT2D eigenvalue weighted by Crippen LogP contribution is 2.38. The van der Waals surface area contributed by atoms with Crippen molar-refractivity contribution in [3.05, 3.63) is 50.7 Å². The van der Waals surface area contributed by atoms with E-state index in [1.807, 2.05) is 24.4 Å². The molecule has 0 amide bonds. The Morgan fingerprint density at radius 2 is 1.91 bits per heavy atom. The topological polar surface area (TPSA) is 54.7 Å². The van der Waals surface area contributed by atoms with Crippen LogP contribution in [0.5, 0.6) is 0 Å². The number of nitrogens with one attached hydrogen (secondary N) is 1. The normalized spacial score (nSPS) is 11.3. The van der Waals surface area contributed by atoms with E-state index in [1.54, 1.807) is 6.20 Å². The van der Waals surface area contributed by atoms with Crippen molar-refractivity contribution >= 4 is 50.0 Å². The lowest BCUT2D eigenvalue weighted by Crippen LogP contribution is -1.99. The summed E-state index contributed by atoms with van der Waals surface area (Å²) in [5, 5.41) is 2.36. The smallest absolute Gasteiger partial charge is 0.0666 e. The third kappa shape index (κ3) is 3.41. The molecule has 3 nitrogen and oxygen atoms in total. The molecule has 0 saturated carbocycles. The van der Waals surface area contributed by atoms with Gasteiger partial charge in [-0.15, -0.1) is 0 Å². The van der Waals surface area contributed by atoms with Crippen LogP contribution < -0.4 is 5.73 Å². The van der Waals surface area contributed by atoms with Crippen LogP contribution in [0.3, 0.4) is 0 Å². The van der Waals surface area contributed by atoms with E-state index < -0.39 is 0 Å². The number of halogens is 3. The highest BCUT2D eigenvalue weighted by molar-refractivity contribution is 9.10. The molecule has 0 atom stereocenters. The fourth-order valence-electron chi connectivity index (χ4n) is 2.79. The molecule has 23 heavy (non-hydrogen) atoms. The van der Waals surface area contributed by atoms with Gasteiger partial charge < -0.3 is 10.7 Å². The van der Waals surface area contributed by atoms with Crippen LogP contribution in [-0.4, -0.2) is 16.5 Å². The predicted molar refractivity (Wildman–Crippen MR) is 101 cm³/mol. The summed E-state index contributed by atoms with van der Waals surface area (Å²) in [5.74, 6) is 0. The summed E-state index contributed by atoms with van der Waals surface area (Å²) < 4.78 is 0.929. The number of H-pyrrole nitrogens is 1. The number of rotatable bonds is 5. The lowest BCUT2D eigenvalue weighted by atomic mass is 10.0. The first-order valence-electron chi connectivity index (χ1n) is 7.41. The van der Waals surface area contributed by atoms with Gasteiger partial charge in [-0.1, -0.05) is 23.2 Å². The fraction of sp³-hybridized carbons (Fsp3) is 0.235. The molecule has 0 saturated heterocycles. The number of aromatic nitrogens is 2. The van der Waals surface area contributed by atoms with Gasteiger partial charge >= 0.3 is 0 Å². The summed E-state index contributed by atoms with van der Waals surface area (Å²) in [5.41, 5.74) is 9.69. The van der Waals surface area contributed by atoms with Crippen molar-refractivity contribution in [2.45, 2.75) is 19.3 Å². The van der Waals surface area contributed by atoms with E-state index in [9.17, 15) is 0 Å². The molecule has 3 aromatic rings. The van der Waals surface area contributed by atoms with Crippen LogP contribution in [0.2, 0.25) is 10.0 Å². The summed E-state index contributed by atoms with van der Waals surface area (Å²) >= 11 is 16.3. The number of unbranched alkanes of at least 4 members (excludes halogenated alkanes) is 1. The van der Waals surface area contributed by atoms with Crippen LogP contribution in [0.25, 0.3) is 22.2 Å². The number of aryl methyl sites for hydroxylation is 1. The van der Waals surface area contributed by atoms with E-state index in [2.05, 4.69) is 25.9 Å². The maximum atomic E-state index is 6.45. The minimum Gasteiger partial charge on any atom is -0.353 e. The Labute approximate surface area is 153 Å². The van der Waals surface area contributed by atoms with Gasteiger partial charge in [0.1, 0.15) is 0 Å². The zero-order valence-corrected chi connectivity index (χ0v) is 15.5. The number of nitrogens with zero attached hydrogens (tertiary/aromatic N) is 1. The van der Waals surface area contributed by atoms with Crippen molar-refractivity contribution in [2.24, 2.45) is 5.73 Å². The number of pyridine rings is 1. The van der Waals surface area contributed by atoms with Crippen LogP contribution in [-0.2, 0) is 6.42 Å². The fourth-order valence-corrected chi connectivity index (χ4v) is 3.63. The largest absolute Gasteiger partial charge is 0.353 e. The first-order chi connectivity index (χ1) is 11.1. The Hall–Kier alpha value is -1.07. The number of aromatic amines is 1. The molecule has 120 valence electrons. The van der Waals surface area contributed by atoms with Crippen molar-refractivity contribution in [1.82, 2.24) is 9.97 Å². The second-order valence-corrected chi connectivity index (χ2v) is 7.13. The van der Waals surface area contributed by atoms with Crippen molar-refractivity contribution in [1.29, 1.82) is 0 Å². The molecule has 0 bridgehead atoms. The lowest BCUT2D eigenvalue weighted by Gasteiger charge is -2.06. The maximum absolute atomic E-state index is 6.45. The molecule has 1 aromatic carbocycles. The van der Waals surface area contributed by atoms with Crippen LogP contribution in [0, 0.1) is 0 Å². The lowest BCUT2D eigenvalue weighted by molar-refractivity contribution is 0.748. The Kier molecular flexibility index (Phi) is 5.27. The van der Waals surface area contributed by atoms with Gasteiger partial charge in [-0.3, -0.25) is 4.98 Å². The third-order valence-electron chi connectivity index (χ3n) is 3.83. The van der Waals surface area contributed by atoms with Crippen LogP contribution in [0.4, 0.5) is 0 Å². The Morgan fingerprint density at radius 3 is 2.65 bits per heavy atom. The van der Waals surface area contributed by atoms with Gasteiger partial charge in [0.2, 0.25) is 0 Å². The zero-order chi connectivity index (χ0) is 16.4. The molecule has 2 aromatic heterocycles. The summed E-state index contributed by atoms with van der Waals surface area (Å²) in [6.45, 7) is 0.685. The van der Waals surface area contributed by atoms with Crippen molar-refractivity contribution in [2.75, 3.05) is 6.54 Å². The second kappa shape index (κ2) is 7.22. The van der Waals surface area contributed by atoms with Gasteiger partial charge in [0.15, 0.2) is 0 Å². The summed E-state index contributed by atoms with van der Waals surface area (Å²) in [4.78, 5) is 7.70. The average Bonchev–Trinajstić information content (AvgIpc) is 2.92. The molecular weight excluding hydrogens is 397 g/mol. The summed E-state index contributed by atoms with van der Waals surface area (Å²) in [6, 6.07) is 5.69. The molecule has 0 aliphatic heterocycles. The number of benzene rings is 1. The second-order valence-electron chi connectivity index (χ2n) is 5.40. The van der Waals surface area contributed by atoms with Crippen LogP contribution in [0.1, 0.15) is 18.4 Å². The first kappa shape index (κ1) is 16.8. The minimum absolute atomic E-state index is 0.665. The van der Waals surface area contributed by atoms with Crippen LogP contribution in [0.15, 0.2) is 35.1 Å². The molecule has 3 N–H and O–H groups in total. The molecular formula is C17H16BrCl2N3. The molecule has 6 heteroatoms. The molecule has 0 spiro atoms. The quantitative estimate of drug-likeness (QED) is 0.537. The number of hydrogen-bond donors (Lipinski definition) is 2. The van der Waals surface area contributed by atoms with Crippen molar-refractivity contribution in [3.63, 3.8) is 0 Å². The van der Waals surface area contributed by atoms with E-state index >= 15 is 0 Å². The molecule has 2 heterocycles. The molecule has 0 radical (unpaired) electrons. The van der Waals surface area contributed by atoms with Gasteiger partial charge in [0.25, 0.3) is 0 Å². The molecule has 0 fully saturated rings. The molecule has 0 unspecified atom stereocenters. The maximum Gasteiger partial charge on any atom is 0.0666 e. The van der Waals surface area contributed by atoms with Gasteiger partial charge in [0, 0.05) is 27.8 Å². The highest BCUT2D eigenvalue weighted by Gasteiger charge is 2.17. The van der Waals surface area contributed by atoms with Gasteiger partial charge in [-0.05, 0) is 65.5 Å². The zero-order valence-electron chi connectivity index (χ0n) is 12.4. The highest BCUT2D eigenvalue weighted by atomic mass is 79.9. The van der Waals surface area contributed by atoms with Gasteiger partial charge in [0.05, 0.1) is 21.3 Å². The van der Waals surface area contributed by atoms with Gasteiger partial charge in [-0.25, -0.2) is 0 Å². The average molecular weight is 413 g/mol. The number of hydrogen-bond acceptors (Lipinski definition) is 2. The minimum atomic E-state index is 0.665. The molecule has 0 aliphatic rings. The summed E-state index contributed by atoms with van der Waals surface area (Å²) in [6.07, 6.45) is 6.46. The predicted octanol–water partition coefficient (Wildman–Crippen LogP) is 5.58. The SMILES string of the molecule is NCCCCc1c(-c2cncc(Br)c2)[nH]c2c(Cl)ccc(Cl)c12. The Morgan fingerprint density at radius 1 is 1.13 bits per heavy atom. The van der Waals surface area contributed by atoms with E-state index in [-0.39, 0.29) is 0 Å². The number of nitrogens with two attached hydrogens (primary N) is 1. The van der Waals surface area contributed by atoms with Crippen molar-refractivity contribution in [3.8, 4) is 11.3 Å². The van der Waals surface area contributed by atoms with Gasteiger partial charge in [-0.2, -0.15) is 0 Å². The van der Waals surface area contributed by atoms with Crippen LogP contribution >= 0.6 is 39.1 Å². The standard InChI is InChI=1S/C17H16BrCl2N3/c18-11-7-10(8-22-9-11)16-12(3-1-2-6-21)15-13(19)4-5-14(20)17(15)23-16/h4-5,7-9,23H,1-3,6,21H2. The molecule has 3 rings (SSSR count). The third-order valence-corrected chi connectivity index (χ3v) is 4.90. The first-order valence-corrected chi connectivity index (χ1v) is 8.96. The van der Waals surface area contributed by atoms with E-state index in [0.717, 1.165) is 45.9 Å². The van der Waals surface area contributed by atoms with E-state index in [0.29, 0.717) is 16.6 Å². The number of fused-ring (bicyclic) bond motifs is 1. The summed E-state index contributed by atoms with van der Waals surface area (Å²) in [7, 11) is 0. The van der Waals surface area contributed by atoms with E-state index in [1.165, 1.54) is 5.56 Å². The molecule has 0 aliphatic carbocycles. The van der Waals surface area contributed by atoms with Crippen molar-refractivity contribution < 1.29 is 0 Å².